The Kier molecular flexibility index (Phi) is 4.04. The van der Waals surface area contributed by atoms with Crippen LogP contribution in [0.4, 0.5) is 0 Å². The van der Waals surface area contributed by atoms with Gasteiger partial charge in [-0.15, -0.1) is 0 Å². The monoisotopic (exact) mass is 366 g/mol. The molecule has 0 saturated heterocycles. The fraction of sp³-hybridized carbons (Fsp3) is 0. The van der Waals surface area contributed by atoms with Gasteiger partial charge in [0.25, 0.3) is 0 Å². The molecule has 4 aromatic rings. The maximum atomic E-state index is 8.38. The minimum atomic E-state index is 0.383. The molecule has 0 unspecified atom stereocenters. The lowest BCUT2D eigenvalue weighted by Gasteiger charge is -2.07. The fourth-order valence-corrected chi connectivity index (χ4v) is 3.13. The molecule has 1 N–H and O–H groups in total. The quantitative estimate of drug-likeness (QED) is 0.437. The normalized spacial score (nSPS) is 11.0. The molecular formula is C20H12Cl2N2O. The Morgan fingerprint density at radius 1 is 0.920 bits per heavy atom. The molecule has 0 aliphatic carbocycles. The first-order valence-electron chi connectivity index (χ1n) is 7.63. The Labute approximate surface area is 154 Å². The molecule has 25 heavy (non-hydrogen) atoms. The van der Waals surface area contributed by atoms with Crippen molar-refractivity contribution in [1.82, 2.24) is 5.16 Å². The van der Waals surface area contributed by atoms with E-state index < -0.39 is 0 Å². The number of nitrogens with zero attached hydrogens (tertiary/aromatic N) is 1. The predicted octanol–water partition coefficient (Wildman–Crippen LogP) is 6.22. The summed E-state index contributed by atoms with van der Waals surface area (Å²) in [6, 6.07) is 20.4. The summed E-state index contributed by atoms with van der Waals surface area (Å²) in [6.07, 6.45) is 0. The zero-order chi connectivity index (χ0) is 17.4. The highest BCUT2D eigenvalue weighted by atomic mass is 35.5. The van der Waals surface area contributed by atoms with Gasteiger partial charge in [0.05, 0.1) is 5.71 Å². The van der Waals surface area contributed by atoms with Crippen LogP contribution in [0.15, 0.2) is 71.3 Å². The Bertz CT molecular complexity index is 1080. The zero-order valence-corrected chi connectivity index (χ0v) is 14.5. The molecular weight excluding hydrogens is 355 g/mol. The van der Waals surface area contributed by atoms with E-state index in [1.165, 1.54) is 0 Å². The third-order valence-electron chi connectivity index (χ3n) is 4.02. The van der Waals surface area contributed by atoms with E-state index in [-0.39, 0.29) is 0 Å². The standard InChI is InChI=1S/C20H12Cl2N2O/c21-14-9-10-16-18(11-14)25-24-20(16)13-7-5-12(6-8-13)19(23)15-3-1-2-4-17(15)22/h1-11,23H. The van der Waals surface area contributed by atoms with Crippen molar-refractivity contribution in [2.24, 2.45) is 0 Å². The third kappa shape index (κ3) is 2.93. The number of nitrogens with one attached hydrogen (secondary N) is 1. The average molecular weight is 367 g/mol. The average Bonchev–Trinajstić information content (AvgIpc) is 3.04. The predicted molar refractivity (Wildman–Crippen MR) is 102 cm³/mol. The Morgan fingerprint density at radius 2 is 1.68 bits per heavy atom. The molecule has 0 spiro atoms. The summed E-state index contributed by atoms with van der Waals surface area (Å²) in [5, 5.41) is 14.6. The van der Waals surface area contributed by atoms with Crippen molar-refractivity contribution in [1.29, 1.82) is 5.41 Å². The van der Waals surface area contributed by atoms with E-state index in [1.54, 1.807) is 12.1 Å². The van der Waals surface area contributed by atoms with Crippen LogP contribution in [0.3, 0.4) is 0 Å². The van der Waals surface area contributed by atoms with Gasteiger partial charge in [0.1, 0.15) is 5.69 Å². The minimum absolute atomic E-state index is 0.383. The van der Waals surface area contributed by atoms with Crippen LogP contribution in [0, 0.1) is 5.41 Å². The molecule has 1 aromatic heterocycles. The molecule has 1 heterocycles. The van der Waals surface area contributed by atoms with Crippen LogP contribution >= 0.6 is 23.2 Å². The Morgan fingerprint density at radius 3 is 2.44 bits per heavy atom. The van der Waals surface area contributed by atoms with Crippen LogP contribution in [0.5, 0.6) is 0 Å². The maximum absolute atomic E-state index is 8.38. The van der Waals surface area contributed by atoms with Gasteiger partial charge in [0.2, 0.25) is 0 Å². The van der Waals surface area contributed by atoms with Crippen molar-refractivity contribution in [2.45, 2.75) is 0 Å². The molecule has 0 amide bonds. The number of rotatable bonds is 3. The van der Waals surface area contributed by atoms with Crippen molar-refractivity contribution < 1.29 is 4.52 Å². The molecule has 0 bridgehead atoms. The molecule has 0 radical (unpaired) electrons. The highest BCUT2D eigenvalue weighted by Crippen LogP contribution is 2.30. The molecule has 0 fully saturated rings. The second-order valence-corrected chi connectivity index (χ2v) is 6.45. The van der Waals surface area contributed by atoms with Gasteiger partial charge in [-0.25, -0.2) is 0 Å². The lowest BCUT2D eigenvalue weighted by molar-refractivity contribution is 0.459. The molecule has 0 atom stereocenters. The first-order valence-corrected chi connectivity index (χ1v) is 8.38. The molecule has 4 rings (SSSR count). The lowest BCUT2D eigenvalue weighted by atomic mass is 10.00. The second-order valence-electron chi connectivity index (χ2n) is 5.60. The SMILES string of the molecule is N=C(c1ccc(-c2noc3cc(Cl)ccc23)cc1)c1ccccc1Cl. The van der Waals surface area contributed by atoms with Gasteiger partial charge in [-0.3, -0.25) is 5.41 Å². The number of fused-ring (bicyclic) bond motifs is 1. The number of halogens is 2. The van der Waals surface area contributed by atoms with Gasteiger partial charge < -0.3 is 4.52 Å². The summed E-state index contributed by atoms with van der Waals surface area (Å²) < 4.78 is 5.35. The molecule has 3 aromatic carbocycles. The van der Waals surface area contributed by atoms with E-state index in [0.717, 1.165) is 22.2 Å². The van der Waals surface area contributed by atoms with E-state index >= 15 is 0 Å². The maximum Gasteiger partial charge on any atom is 0.169 e. The topological polar surface area (TPSA) is 49.9 Å². The van der Waals surface area contributed by atoms with Crippen molar-refractivity contribution in [3.8, 4) is 11.3 Å². The molecule has 5 heteroatoms. The van der Waals surface area contributed by atoms with Crippen LogP contribution in [0.2, 0.25) is 10.0 Å². The highest BCUT2D eigenvalue weighted by Gasteiger charge is 2.12. The van der Waals surface area contributed by atoms with Crippen molar-refractivity contribution in [3.05, 3.63) is 87.9 Å². The van der Waals surface area contributed by atoms with Crippen LogP contribution in [0.25, 0.3) is 22.2 Å². The number of aromatic nitrogens is 1. The van der Waals surface area contributed by atoms with Crippen molar-refractivity contribution in [2.75, 3.05) is 0 Å². The molecule has 3 nitrogen and oxygen atoms in total. The first-order chi connectivity index (χ1) is 12.1. The second kappa shape index (κ2) is 6.36. The van der Waals surface area contributed by atoms with Gasteiger partial charge in [-0.05, 0) is 18.2 Å². The summed E-state index contributed by atoms with van der Waals surface area (Å²) in [6.45, 7) is 0. The van der Waals surface area contributed by atoms with E-state index in [0.29, 0.717) is 26.9 Å². The van der Waals surface area contributed by atoms with Crippen LogP contribution in [-0.2, 0) is 0 Å². The van der Waals surface area contributed by atoms with Gasteiger partial charge >= 0.3 is 0 Å². The lowest BCUT2D eigenvalue weighted by Crippen LogP contribution is -2.01. The van der Waals surface area contributed by atoms with Gasteiger partial charge in [-0.1, -0.05) is 70.8 Å². The molecule has 0 aliphatic heterocycles. The Balaban J connectivity index is 1.70. The highest BCUT2D eigenvalue weighted by molar-refractivity contribution is 6.35. The van der Waals surface area contributed by atoms with E-state index in [9.17, 15) is 0 Å². The summed E-state index contributed by atoms with van der Waals surface area (Å²) in [5.74, 6) is 0. The number of hydrogen-bond donors (Lipinski definition) is 1. The summed E-state index contributed by atoms with van der Waals surface area (Å²) in [4.78, 5) is 0. The largest absolute Gasteiger partial charge is 0.356 e. The summed E-state index contributed by atoms with van der Waals surface area (Å²) in [7, 11) is 0. The third-order valence-corrected chi connectivity index (χ3v) is 4.59. The smallest absolute Gasteiger partial charge is 0.169 e. The van der Waals surface area contributed by atoms with Crippen LogP contribution < -0.4 is 0 Å². The minimum Gasteiger partial charge on any atom is -0.356 e. The number of hydrogen-bond acceptors (Lipinski definition) is 3. The van der Waals surface area contributed by atoms with Gasteiger partial charge in [-0.2, -0.15) is 0 Å². The fourth-order valence-electron chi connectivity index (χ4n) is 2.73. The molecule has 122 valence electrons. The van der Waals surface area contributed by atoms with E-state index in [1.807, 2.05) is 54.6 Å². The van der Waals surface area contributed by atoms with Crippen LogP contribution in [0.1, 0.15) is 11.1 Å². The van der Waals surface area contributed by atoms with Gasteiger partial charge in [0.15, 0.2) is 5.58 Å². The summed E-state index contributed by atoms with van der Waals surface area (Å²) in [5.41, 5.74) is 4.19. The van der Waals surface area contributed by atoms with Crippen molar-refractivity contribution >= 4 is 39.9 Å². The van der Waals surface area contributed by atoms with Crippen LogP contribution in [-0.4, -0.2) is 10.9 Å². The van der Waals surface area contributed by atoms with E-state index in [4.69, 9.17) is 33.1 Å². The van der Waals surface area contributed by atoms with Crippen molar-refractivity contribution in [3.63, 3.8) is 0 Å². The first kappa shape index (κ1) is 15.9. The summed E-state index contributed by atoms with van der Waals surface area (Å²) >= 11 is 12.2. The van der Waals surface area contributed by atoms with E-state index in [2.05, 4.69) is 5.16 Å². The number of benzene rings is 3. The molecule has 0 saturated carbocycles. The van der Waals surface area contributed by atoms with Gasteiger partial charge in [0, 0.05) is 38.2 Å². The Hall–Kier alpha value is -2.62. The zero-order valence-electron chi connectivity index (χ0n) is 13.0. The molecule has 0 aliphatic rings.